The average molecular weight is 303 g/mol. The largest absolute Gasteiger partial charge is 0.353 e. The monoisotopic (exact) mass is 303 g/mol. The van der Waals surface area contributed by atoms with Crippen LogP contribution in [0.15, 0.2) is 17.8 Å². The molecular formula is C16H21N3OS. The number of nitrogens with zero attached hydrogens (tertiary/aromatic N) is 2. The highest BCUT2D eigenvalue weighted by Crippen LogP contribution is 2.43. The second-order valence-electron chi connectivity index (χ2n) is 6.53. The lowest BCUT2D eigenvalue weighted by Crippen LogP contribution is -2.39. The predicted octanol–water partition coefficient (Wildman–Crippen LogP) is 3.02. The third-order valence-corrected chi connectivity index (χ3v) is 5.62. The fraction of sp³-hybridized carbons (Fsp3) is 0.625. The number of thiazole rings is 1. The van der Waals surface area contributed by atoms with E-state index in [1.54, 1.807) is 11.3 Å². The Morgan fingerprint density at radius 3 is 3.05 bits per heavy atom. The SMILES string of the molecule is O=C(Cc1cn2ccsc2n1)N[C@@H]1CCC[C@H](C2CC2)C1. The number of rotatable bonds is 4. The van der Waals surface area contributed by atoms with Crippen LogP contribution in [0, 0.1) is 11.8 Å². The number of carbonyl (C=O) groups excluding carboxylic acids is 1. The molecule has 2 aliphatic carbocycles. The molecule has 0 unspecified atom stereocenters. The highest BCUT2D eigenvalue weighted by Gasteiger charge is 2.35. The van der Waals surface area contributed by atoms with Gasteiger partial charge in [0.05, 0.1) is 12.1 Å². The van der Waals surface area contributed by atoms with Crippen molar-refractivity contribution < 1.29 is 4.79 Å². The smallest absolute Gasteiger partial charge is 0.226 e. The normalized spacial score (nSPS) is 26.1. The summed E-state index contributed by atoms with van der Waals surface area (Å²) < 4.78 is 1.98. The number of amides is 1. The Labute approximate surface area is 128 Å². The Morgan fingerprint density at radius 1 is 1.33 bits per heavy atom. The van der Waals surface area contributed by atoms with Crippen molar-refractivity contribution >= 4 is 22.2 Å². The van der Waals surface area contributed by atoms with Gasteiger partial charge in [-0.05, 0) is 37.5 Å². The average Bonchev–Trinajstić information content (AvgIpc) is 3.11. The topological polar surface area (TPSA) is 46.4 Å². The minimum absolute atomic E-state index is 0.127. The van der Waals surface area contributed by atoms with Crippen LogP contribution in [0.2, 0.25) is 0 Å². The molecule has 4 rings (SSSR count). The van der Waals surface area contributed by atoms with Gasteiger partial charge in [-0.1, -0.05) is 12.8 Å². The van der Waals surface area contributed by atoms with E-state index in [-0.39, 0.29) is 5.91 Å². The van der Waals surface area contributed by atoms with E-state index < -0.39 is 0 Å². The number of nitrogens with one attached hydrogen (secondary N) is 1. The van der Waals surface area contributed by atoms with Gasteiger partial charge in [-0.3, -0.25) is 9.20 Å². The third kappa shape index (κ3) is 2.98. The molecule has 0 saturated heterocycles. The number of hydrogen-bond acceptors (Lipinski definition) is 3. The molecule has 0 aliphatic heterocycles. The van der Waals surface area contributed by atoms with Crippen molar-refractivity contribution in [2.24, 2.45) is 11.8 Å². The first kappa shape index (κ1) is 13.3. The number of carbonyl (C=O) groups is 1. The van der Waals surface area contributed by atoms with E-state index in [1.807, 2.05) is 22.2 Å². The van der Waals surface area contributed by atoms with Crippen molar-refractivity contribution in [2.45, 2.75) is 51.0 Å². The summed E-state index contributed by atoms with van der Waals surface area (Å²) in [5.74, 6) is 1.95. The summed E-state index contributed by atoms with van der Waals surface area (Å²) in [6.45, 7) is 0. The van der Waals surface area contributed by atoms with Crippen molar-refractivity contribution in [1.82, 2.24) is 14.7 Å². The van der Waals surface area contributed by atoms with Gasteiger partial charge >= 0.3 is 0 Å². The fourth-order valence-corrected chi connectivity index (χ4v) is 4.38. The second kappa shape index (κ2) is 5.44. The Morgan fingerprint density at radius 2 is 2.24 bits per heavy atom. The number of imidazole rings is 1. The van der Waals surface area contributed by atoms with Gasteiger partial charge in [-0.15, -0.1) is 11.3 Å². The maximum Gasteiger partial charge on any atom is 0.226 e. The lowest BCUT2D eigenvalue weighted by atomic mass is 9.82. The summed E-state index contributed by atoms with van der Waals surface area (Å²) in [5.41, 5.74) is 0.869. The van der Waals surface area contributed by atoms with Crippen LogP contribution in [-0.4, -0.2) is 21.3 Å². The summed E-state index contributed by atoms with van der Waals surface area (Å²) in [6.07, 6.45) is 12.1. The predicted molar refractivity (Wildman–Crippen MR) is 83.4 cm³/mol. The second-order valence-corrected chi connectivity index (χ2v) is 7.40. The Bertz CT molecular complexity index is 614. The standard InChI is InChI=1S/C16H21N3OS/c20-15(9-14-10-19-6-7-21-16(19)18-14)17-13-3-1-2-12(8-13)11-4-5-11/h6-7,10-13H,1-5,8-9H2,(H,17,20)/t12-,13+/m0/s1. The maximum absolute atomic E-state index is 12.2. The van der Waals surface area contributed by atoms with Gasteiger partial charge in [-0.25, -0.2) is 4.98 Å². The summed E-state index contributed by atoms with van der Waals surface area (Å²) in [5, 5.41) is 5.24. The van der Waals surface area contributed by atoms with E-state index >= 15 is 0 Å². The van der Waals surface area contributed by atoms with Crippen molar-refractivity contribution in [3.05, 3.63) is 23.5 Å². The Balaban J connectivity index is 1.33. The molecule has 1 N–H and O–H groups in total. The first-order valence-electron chi connectivity index (χ1n) is 7.98. The summed E-state index contributed by atoms with van der Waals surface area (Å²) in [6, 6.07) is 0.389. The Kier molecular flexibility index (Phi) is 3.45. The van der Waals surface area contributed by atoms with Crippen LogP contribution in [0.25, 0.3) is 4.96 Å². The van der Waals surface area contributed by atoms with Crippen molar-refractivity contribution in [3.8, 4) is 0 Å². The Hall–Kier alpha value is -1.36. The molecule has 2 heterocycles. The molecule has 1 amide bonds. The van der Waals surface area contributed by atoms with E-state index in [4.69, 9.17) is 0 Å². The quantitative estimate of drug-likeness (QED) is 0.943. The molecule has 2 saturated carbocycles. The van der Waals surface area contributed by atoms with E-state index in [0.717, 1.165) is 28.9 Å². The van der Waals surface area contributed by atoms with Crippen LogP contribution in [0.4, 0.5) is 0 Å². The highest BCUT2D eigenvalue weighted by molar-refractivity contribution is 7.15. The molecule has 0 aromatic carbocycles. The summed E-state index contributed by atoms with van der Waals surface area (Å²) >= 11 is 1.60. The molecule has 21 heavy (non-hydrogen) atoms. The number of fused-ring (bicyclic) bond motifs is 1. The molecule has 2 aromatic rings. The van der Waals surface area contributed by atoms with E-state index in [9.17, 15) is 4.79 Å². The lowest BCUT2D eigenvalue weighted by molar-refractivity contribution is -0.121. The first-order chi connectivity index (χ1) is 10.3. The fourth-order valence-electron chi connectivity index (χ4n) is 3.66. The van der Waals surface area contributed by atoms with Crippen molar-refractivity contribution in [1.29, 1.82) is 0 Å². The molecule has 112 valence electrons. The van der Waals surface area contributed by atoms with Gasteiger partial charge in [0.2, 0.25) is 5.91 Å². The molecule has 0 spiro atoms. The van der Waals surface area contributed by atoms with Crippen LogP contribution < -0.4 is 5.32 Å². The lowest BCUT2D eigenvalue weighted by Gasteiger charge is -2.29. The third-order valence-electron chi connectivity index (χ3n) is 4.85. The summed E-state index contributed by atoms with van der Waals surface area (Å²) in [7, 11) is 0. The zero-order valence-electron chi connectivity index (χ0n) is 12.1. The molecule has 0 radical (unpaired) electrons. The molecule has 5 heteroatoms. The molecule has 4 nitrogen and oxygen atoms in total. The van der Waals surface area contributed by atoms with Gasteiger partial charge in [0, 0.05) is 23.8 Å². The highest BCUT2D eigenvalue weighted by atomic mass is 32.1. The number of hydrogen-bond donors (Lipinski definition) is 1. The number of aromatic nitrogens is 2. The molecule has 2 aliphatic rings. The van der Waals surface area contributed by atoms with Gasteiger partial charge in [0.15, 0.2) is 4.96 Å². The van der Waals surface area contributed by atoms with Crippen LogP contribution in [0.3, 0.4) is 0 Å². The molecule has 2 aromatic heterocycles. The van der Waals surface area contributed by atoms with E-state index in [0.29, 0.717) is 12.5 Å². The minimum atomic E-state index is 0.127. The van der Waals surface area contributed by atoms with Crippen LogP contribution in [0.1, 0.15) is 44.2 Å². The van der Waals surface area contributed by atoms with Gasteiger partial charge < -0.3 is 5.32 Å². The van der Waals surface area contributed by atoms with Crippen LogP contribution in [-0.2, 0) is 11.2 Å². The molecule has 2 atom stereocenters. The summed E-state index contributed by atoms with van der Waals surface area (Å²) in [4.78, 5) is 17.7. The van der Waals surface area contributed by atoms with Gasteiger partial charge in [-0.2, -0.15) is 0 Å². The van der Waals surface area contributed by atoms with Gasteiger partial charge in [0.1, 0.15) is 0 Å². The first-order valence-corrected chi connectivity index (χ1v) is 8.86. The van der Waals surface area contributed by atoms with Crippen LogP contribution >= 0.6 is 11.3 Å². The zero-order chi connectivity index (χ0) is 14.2. The van der Waals surface area contributed by atoms with Crippen LogP contribution in [0.5, 0.6) is 0 Å². The molecular weight excluding hydrogens is 282 g/mol. The van der Waals surface area contributed by atoms with E-state index in [1.165, 1.54) is 32.1 Å². The minimum Gasteiger partial charge on any atom is -0.353 e. The molecule has 2 fully saturated rings. The maximum atomic E-state index is 12.2. The van der Waals surface area contributed by atoms with Crippen molar-refractivity contribution in [2.75, 3.05) is 0 Å². The van der Waals surface area contributed by atoms with E-state index in [2.05, 4.69) is 10.3 Å². The zero-order valence-corrected chi connectivity index (χ0v) is 12.9. The molecule has 0 bridgehead atoms. The van der Waals surface area contributed by atoms with Gasteiger partial charge in [0.25, 0.3) is 0 Å². The van der Waals surface area contributed by atoms with Crippen molar-refractivity contribution in [3.63, 3.8) is 0 Å².